The lowest BCUT2D eigenvalue weighted by molar-refractivity contribution is -0.143. The third kappa shape index (κ3) is 13.1. The summed E-state index contributed by atoms with van der Waals surface area (Å²) in [5.41, 5.74) is 7.09. The van der Waals surface area contributed by atoms with Gasteiger partial charge in [-0.05, 0) is 58.2 Å². The number of carbonyl (C=O) groups is 9. The van der Waals surface area contributed by atoms with Gasteiger partial charge in [0.2, 0.25) is 29.5 Å². The van der Waals surface area contributed by atoms with Crippen LogP contribution in [0.5, 0.6) is 0 Å². The Kier molecular flexibility index (Phi) is 17.6. The van der Waals surface area contributed by atoms with Gasteiger partial charge in [0, 0.05) is 14.2 Å². The van der Waals surface area contributed by atoms with E-state index < -0.39 is 138 Å². The molecule has 5 amide bonds. The molecule has 0 aliphatic carbocycles. The van der Waals surface area contributed by atoms with Crippen molar-refractivity contribution in [2.24, 2.45) is 5.73 Å². The third-order valence-electron chi connectivity index (χ3n) is 12.5. The Bertz CT molecular complexity index is 2580. The predicted molar refractivity (Wildman–Crippen MR) is 272 cm³/mol. The zero-order valence-electron chi connectivity index (χ0n) is 40.4. The molecular formula is C48H59N9O13S3. The van der Waals surface area contributed by atoms with Crippen LogP contribution in [0.25, 0.3) is 0 Å². The van der Waals surface area contributed by atoms with Crippen molar-refractivity contribution in [1.82, 2.24) is 42.5 Å². The Hall–Kier alpha value is -6.22. The first-order valence-corrected chi connectivity index (χ1v) is 25.5. The number of carboxylic acid groups (broad SMARTS) is 4. The molecule has 3 heterocycles. The van der Waals surface area contributed by atoms with Crippen molar-refractivity contribution >= 4 is 88.7 Å². The van der Waals surface area contributed by atoms with E-state index in [1.165, 1.54) is 24.3 Å². The summed E-state index contributed by atoms with van der Waals surface area (Å²) in [5, 5.41) is 58.7. The molecule has 3 aliphatic heterocycles. The second kappa shape index (κ2) is 22.9. The van der Waals surface area contributed by atoms with Crippen molar-refractivity contribution in [2.45, 2.75) is 126 Å². The molecule has 3 fully saturated rings. The van der Waals surface area contributed by atoms with Gasteiger partial charge >= 0.3 is 23.9 Å². The Morgan fingerprint density at radius 1 is 0.438 bits per heavy atom. The van der Waals surface area contributed by atoms with E-state index in [9.17, 15) is 63.6 Å². The van der Waals surface area contributed by atoms with Crippen LogP contribution in [0, 0.1) is 0 Å². The van der Waals surface area contributed by atoms with Crippen molar-refractivity contribution in [2.75, 3.05) is 0 Å². The molecule has 6 rings (SSSR count). The maximum absolute atomic E-state index is 15.0. The van der Waals surface area contributed by atoms with Crippen LogP contribution in [0.1, 0.15) is 76.4 Å². The van der Waals surface area contributed by atoms with Crippen LogP contribution in [-0.2, 0) is 43.2 Å². The largest absolute Gasteiger partial charge is 0.480 e. The standard InChI is InChI=1S/C48H59N9O13S3/c1-46(2)31(43(65)66)55-39(71-46)28(52-34(58)25(49)22-16-10-7-11-17-22)37(61)50-26(23-18-12-8-13-19-23)35(59)53-29(40-56-32(44(67)68)47(3,4)72-40)38(62)51-27(24-20-14-9-15-21-24)36(60)54-30(42(63)64)41-57-33(45(69)70)48(5,6)73-41/h7-21,25-33,39-41,55-57H,49H2,1-6H3,(H,50,61)(H,51,62)(H,52,58)(H,53,59)(H,54,60)(H,63,64)(H,65,66)(H,67,68)(H,69,70)/t25-,26-,27-,28?,29?,30?,31+,32+,33+,39?,40?,41-/m1/s1. The molecule has 12 atom stereocenters. The zero-order chi connectivity index (χ0) is 53.7. The van der Waals surface area contributed by atoms with E-state index in [-0.39, 0.29) is 11.1 Å². The summed E-state index contributed by atoms with van der Waals surface area (Å²) in [6.07, 6.45) is 0. The minimum absolute atomic E-state index is 0.162. The molecule has 22 nitrogen and oxygen atoms in total. The summed E-state index contributed by atoms with van der Waals surface area (Å²) in [6, 6.07) is 10.5. The third-order valence-corrected chi connectivity index (χ3v) is 17.1. The average molecular weight is 1070 g/mol. The molecule has 73 heavy (non-hydrogen) atoms. The van der Waals surface area contributed by atoms with Gasteiger partial charge in [-0.15, -0.1) is 35.3 Å². The molecule has 0 aromatic heterocycles. The van der Waals surface area contributed by atoms with E-state index in [2.05, 4.69) is 42.5 Å². The number of amides is 5. The van der Waals surface area contributed by atoms with Crippen molar-refractivity contribution in [3.05, 3.63) is 108 Å². The molecule has 5 unspecified atom stereocenters. The minimum Gasteiger partial charge on any atom is -0.480 e. The van der Waals surface area contributed by atoms with E-state index in [1.807, 2.05) is 0 Å². The zero-order valence-corrected chi connectivity index (χ0v) is 42.8. The summed E-state index contributed by atoms with van der Waals surface area (Å²) < 4.78 is -3.12. The Labute approximate surface area is 432 Å². The van der Waals surface area contributed by atoms with E-state index >= 15 is 0 Å². The van der Waals surface area contributed by atoms with Crippen LogP contribution < -0.4 is 48.3 Å². The first-order chi connectivity index (χ1) is 34.2. The fourth-order valence-corrected chi connectivity index (χ4v) is 13.2. The maximum atomic E-state index is 15.0. The number of aliphatic carboxylic acids is 4. The summed E-state index contributed by atoms with van der Waals surface area (Å²) in [4.78, 5) is 123. The van der Waals surface area contributed by atoms with Gasteiger partial charge < -0.3 is 52.7 Å². The fraction of sp³-hybridized carbons (Fsp3) is 0.438. The van der Waals surface area contributed by atoms with Crippen LogP contribution in [-0.4, -0.2) is 140 Å². The van der Waals surface area contributed by atoms with Gasteiger partial charge in [-0.2, -0.15) is 0 Å². The van der Waals surface area contributed by atoms with Gasteiger partial charge in [-0.1, -0.05) is 91.0 Å². The topological polar surface area (TPSA) is 357 Å². The van der Waals surface area contributed by atoms with Gasteiger partial charge in [0.05, 0.1) is 16.1 Å². The summed E-state index contributed by atoms with van der Waals surface area (Å²) in [7, 11) is 0. The quantitative estimate of drug-likeness (QED) is 0.0738. The molecule has 392 valence electrons. The molecule has 0 saturated carbocycles. The number of carbonyl (C=O) groups excluding carboxylic acids is 5. The number of hydrogen-bond donors (Lipinski definition) is 13. The van der Waals surface area contributed by atoms with Crippen molar-refractivity contribution in [3.63, 3.8) is 0 Å². The van der Waals surface area contributed by atoms with E-state index in [1.54, 1.807) is 108 Å². The lowest BCUT2D eigenvalue weighted by Gasteiger charge is -2.31. The highest BCUT2D eigenvalue weighted by atomic mass is 32.2. The van der Waals surface area contributed by atoms with Crippen LogP contribution >= 0.6 is 35.3 Å². The van der Waals surface area contributed by atoms with Crippen LogP contribution in [0.15, 0.2) is 91.0 Å². The summed E-state index contributed by atoms with van der Waals surface area (Å²) in [5.74, 6) is -10.1. The molecule has 14 N–H and O–H groups in total. The van der Waals surface area contributed by atoms with Gasteiger partial charge in [0.25, 0.3) is 0 Å². The average Bonchev–Trinajstić information content (AvgIpc) is 3.97. The minimum atomic E-state index is -1.74. The Morgan fingerprint density at radius 3 is 1.03 bits per heavy atom. The van der Waals surface area contributed by atoms with E-state index in [0.29, 0.717) is 5.56 Å². The molecule has 0 bridgehead atoms. The SMILES string of the molecule is CC1(C)SC(C(NC(=O)[C@H](N)c2ccccc2)C(=O)N[C@@H](C(=O)NC(C(=O)N[C@@H](C(=O)NC(C(=O)O)[C@@H]2N[C@@H](C(=O)O)C(C)(C)S2)c2ccccc2)C2N[C@@H](C(=O)O)C(C)(C)S2)c2ccccc2)N[C@H]1C(=O)O. The fourth-order valence-electron chi connectivity index (χ4n) is 8.69. The Morgan fingerprint density at radius 2 is 0.726 bits per heavy atom. The number of carboxylic acids is 4. The van der Waals surface area contributed by atoms with Gasteiger partial charge in [-0.3, -0.25) is 54.3 Å². The number of nitrogens with one attached hydrogen (secondary N) is 8. The predicted octanol–water partition coefficient (Wildman–Crippen LogP) is 0.623. The second-order valence-electron chi connectivity index (χ2n) is 19.1. The van der Waals surface area contributed by atoms with E-state index in [4.69, 9.17) is 5.73 Å². The molecule has 3 aromatic carbocycles. The lowest BCUT2D eigenvalue weighted by atomic mass is 10.0. The molecule has 3 aliphatic rings. The number of hydrogen-bond acceptors (Lipinski definition) is 16. The number of thioether (sulfide) groups is 3. The van der Waals surface area contributed by atoms with E-state index in [0.717, 1.165) is 35.3 Å². The molecule has 25 heteroatoms. The number of rotatable bonds is 20. The molecule has 0 radical (unpaired) electrons. The highest BCUT2D eigenvalue weighted by Crippen LogP contribution is 2.42. The van der Waals surface area contributed by atoms with Crippen molar-refractivity contribution in [3.8, 4) is 0 Å². The first-order valence-electron chi connectivity index (χ1n) is 22.9. The summed E-state index contributed by atoms with van der Waals surface area (Å²) >= 11 is 3.04. The molecule has 0 spiro atoms. The van der Waals surface area contributed by atoms with Crippen LogP contribution in [0.2, 0.25) is 0 Å². The summed E-state index contributed by atoms with van der Waals surface area (Å²) in [6.45, 7) is 9.71. The lowest BCUT2D eigenvalue weighted by Crippen LogP contribution is -2.61. The highest BCUT2D eigenvalue weighted by molar-refractivity contribution is 8.02. The maximum Gasteiger partial charge on any atom is 0.328 e. The first kappa shape index (κ1) is 56.1. The van der Waals surface area contributed by atoms with Crippen molar-refractivity contribution in [1.29, 1.82) is 0 Å². The molecule has 3 aromatic rings. The highest BCUT2D eigenvalue weighted by Gasteiger charge is 2.53. The van der Waals surface area contributed by atoms with Crippen molar-refractivity contribution < 1.29 is 63.6 Å². The number of benzene rings is 3. The van der Waals surface area contributed by atoms with Crippen LogP contribution in [0.4, 0.5) is 0 Å². The monoisotopic (exact) mass is 1070 g/mol. The van der Waals surface area contributed by atoms with Gasteiger partial charge in [0.1, 0.15) is 48.3 Å². The second-order valence-corrected chi connectivity index (χ2v) is 24.5. The smallest absolute Gasteiger partial charge is 0.328 e. The molecular weight excluding hydrogens is 1010 g/mol. The Balaban J connectivity index is 1.34. The number of nitrogens with two attached hydrogens (primary N) is 1. The van der Waals surface area contributed by atoms with Gasteiger partial charge in [-0.25, -0.2) is 4.79 Å². The van der Waals surface area contributed by atoms with Gasteiger partial charge in [0.15, 0.2) is 6.04 Å². The normalized spacial score (nSPS) is 25.0. The van der Waals surface area contributed by atoms with Crippen LogP contribution in [0.3, 0.4) is 0 Å². The molecule has 3 saturated heterocycles.